The molecule has 1 aromatic heterocycles. The number of carboxylic acid groups (broad SMARTS) is 1. The van der Waals surface area contributed by atoms with Gasteiger partial charge in [-0.15, -0.1) is 0 Å². The molecule has 0 aliphatic rings. The van der Waals surface area contributed by atoms with Crippen molar-refractivity contribution in [2.24, 2.45) is 0 Å². The molecule has 0 bridgehead atoms. The van der Waals surface area contributed by atoms with Gasteiger partial charge in [-0.25, -0.2) is 14.2 Å². The maximum Gasteiger partial charge on any atom is 0.354 e. The summed E-state index contributed by atoms with van der Waals surface area (Å²) in [6.45, 7) is 0.522. The van der Waals surface area contributed by atoms with Crippen molar-refractivity contribution in [3.05, 3.63) is 59.7 Å². The molecule has 0 aliphatic heterocycles. The van der Waals surface area contributed by atoms with Crippen molar-refractivity contribution in [3.63, 3.8) is 0 Å². The highest BCUT2D eigenvalue weighted by molar-refractivity contribution is 5.85. The Morgan fingerprint density at radius 2 is 2.00 bits per heavy atom. The molecule has 2 aromatic rings. The Bertz CT molecular complexity index is 584. The highest BCUT2D eigenvalue weighted by Crippen LogP contribution is 2.16. The second kappa shape index (κ2) is 5.48. The average Bonchev–Trinajstić information content (AvgIpc) is 2.39. The molecule has 1 aromatic carbocycles. The lowest BCUT2D eigenvalue weighted by Gasteiger charge is -2.19. The fraction of sp³-hybridized carbons (Fsp3) is 0.143. The maximum absolute atomic E-state index is 12.8. The van der Waals surface area contributed by atoms with Crippen LogP contribution < -0.4 is 4.90 Å². The van der Waals surface area contributed by atoms with Crippen LogP contribution in [0.2, 0.25) is 0 Å². The van der Waals surface area contributed by atoms with Gasteiger partial charge in [0, 0.05) is 25.5 Å². The molecule has 0 aliphatic carbocycles. The van der Waals surface area contributed by atoms with Gasteiger partial charge >= 0.3 is 5.97 Å². The summed E-state index contributed by atoms with van der Waals surface area (Å²) in [5.74, 6) is -1.33. The zero-order valence-corrected chi connectivity index (χ0v) is 10.4. The van der Waals surface area contributed by atoms with E-state index in [1.807, 2.05) is 11.9 Å². The fourth-order valence-electron chi connectivity index (χ4n) is 1.75. The van der Waals surface area contributed by atoms with E-state index in [0.717, 1.165) is 11.3 Å². The molecule has 0 unspecified atom stereocenters. The summed E-state index contributed by atoms with van der Waals surface area (Å²) in [4.78, 5) is 16.5. The Morgan fingerprint density at radius 1 is 1.32 bits per heavy atom. The van der Waals surface area contributed by atoms with Gasteiger partial charge in [0.05, 0.1) is 0 Å². The summed E-state index contributed by atoms with van der Waals surface area (Å²) in [7, 11) is 1.86. The molecule has 0 saturated carbocycles. The summed E-state index contributed by atoms with van der Waals surface area (Å²) in [5, 5.41) is 8.87. The first-order chi connectivity index (χ1) is 9.06. The van der Waals surface area contributed by atoms with Crippen LogP contribution in [0.3, 0.4) is 0 Å². The predicted molar refractivity (Wildman–Crippen MR) is 69.7 cm³/mol. The Balaban J connectivity index is 2.14. The Morgan fingerprint density at radius 3 is 2.63 bits per heavy atom. The maximum atomic E-state index is 12.8. The third kappa shape index (κ3) is 3.28. The number of carboxylic acids is 1. The quantitative estimate of drug-likeness (QED) is 0.917. The largest absolute Gasteiger partial charge is 0.477 e. The zero-order chi connectivity index (χ0) is 13.8. The predicted octanol–water partition coefficient (Wildman–Crippen LogP) is 2.56. The van der Waals surface area contributed by atoms with Gasteiger partial charge in [0.2, 0.25) is 0 Å². The van der Waals surface area contributed by atoms with Crippen molar-refractivity contribution >= 4 is 11.7 Å². The molecular weight excluding hydrogens is 247 g/mol. The lowest BCUT2D eigenvalue weighted by molar-refractivity contribution is 0.0690. The van der Waals surface area contributed by atoms with Gasteiger partial charge in [-0.2, -0.15) is 0 Å². The number of anilines is 1. The number of halogens is 1. The van der Waals surface area contributed by atoms with Gasteiger partial charge < -0.3 is 10.0 Å². The first-order valence-corrected chi connectivity index (χ1v) is 5.71. The van der Waals surface area contributed by atoms with Gasteiger partial charge in [-0.1, -0.05) is 0 Å². The third-order valence-electron chi connectivity index (χ3n) is 2.73. The van der Waals surface area contributed by atoms with Crippen molar-refractivity contribution in [3.8, 4) is 0 Å². The normalized spacial score (nSPS) is 10.2. The number of benzene rings is 1. The van der Waals surface area contributed by atoms with Crippen LogP contribution in [0, 0.1) is 5.82 Å². The Labute approximate surface area is 110 Å². The minimum Gasteiger partial charge on any atom is -0.477 e. The summed E-state index contributed by atoms with van der Waals surface area (Å²) in [5.41, 5.74) is 1.71. The van der Waals surface area contributed by atoms with Crippen molar-refractivity contribution < 1.29 is 14.3 Å². The molecule has 1 heterocycles. The standard InChI is InChI=1S/C14H13FN2O2/c1-17(12-4-2-11(15)3-5-12)9-10-6-7-16-13(8-10)14(18)19/h2-8H,9H2,1H3,(H,18,19). The first-order valence-electron chi connectivity index (χ1n) is 5.71. The molecule has 0 radical (unpaired) electrons. The van der Waals surface area contributed by atoms with E-state index in [1.165, 1.54) is 24.4 Å². The molecule has 1 N–H and O–H groups in total. The summed E-state index contributed by atoms with van der Waals surface area (Å²) < 4.78 is 12.8. The van der Waals surface area contributed by atoms with Gasteiger partial charge in [0.1, 0.15) is 11.5 Å². The number of rotatable bonds is 4. The molecule has 2 rings (SSSR count). The molecule has 0 spiro atoms. The molecule has 0 saturated heterocycles. The summed E-state index contributed by atoms with van der Waals surface area (Å²) in [6, 6.07) is 9.42. The number of aromatic nitrogens is 1. The monoisotopic (exact) mass is 260 g/mol. The van der Waals surface area contributed by atoms with Crippen LogP contribution in [0.25, 0.3) is 0 Å². The van der Waals surface area contributed by atoms with E-state index in [-0.39, 0.29) is 11.5 Å². The number of hydrogen-bond acceptors (Lipinski definition) is 3. The topological polar surface area (TPSA) is 53.4 Å². The Hall–Kier alpha value is -2.43. The zero-order valence-electron chi connectivity index (χ0n) is 10.4. The molecule has 4 nitrogen and oxygen atoms in total. The van der Waals surface area contributed by atoms with Crippen LogP contribution in [0.1, 0.15) is 16.1 Å². The van der Waals surface area contributed by atoms with Crippen LogP contribution in [0.4, 0.5) is 10.1 Å². The van der Waals surface area contributed by atoms with Crippen LogP contribution in [-0.4, -0.2) is 23.1 Å². The molecule has 98 valence electrons. The van der Waals surface area contributed by atoms with E-state index >= 15 is 0 Å². The lowest BCUT2D eigenvalue weighted by Crippen LogP contribution is -2.16. The second-order valence-electron chi connectivity index (χ2n) is 4.19. The van der Waals surface area contributed by atoms with Crippen LogP contribution in [0.5, 0.6) is 0 Å². The van der Waals surface area contributed by atoms with Crippen molar-refractivity contribution in [1.82, 2.24) is 4.98 Å². The van der Waals surface area contributed by atoms with E-state index in [4.69, 9.17) is 5.11 Å². The van der Waals surface area contributed by atoms with Crippen LogP contribution in [0.15, 0.2) is 42.6 Å². The Kier molecular flexibility index (Phi) is 3.75. The molecule has 0 amide bonds. The number of pyridine rings is 1. The van der Waals surface area contributed by atoms with Crippen molar-refractivity contribution in [2.75, 3.05) is 11.9 Å². The van der Waals surface area contributed by atoms with Crippen LogP contribution >= 0.6 is 0 Å². The van der Waals surface area contributed by atoms with Gasteiger partial charge in [0.25, 0.3) is 0 Å². The number of hydrogen-bond donors (Lipinski definition) is 1. The van der Waals surface area contributed by atoms with E-state index in [9.17, 15) is 9.18 Å². The fourth-order valence-corrected chi connectivity index (χ4v) is 1.75. The third-order valence-corrected chi connectivity index (χ3v) is 2.73. The highest BCUT2D eigenvalue weighted by atomic mass is 19.1. The SMILES string of the molecule is CN(Cc1ccnc(C(=O)O)c1)c1ccc(F)cc1. The van der Waals surface area contributed by atoms with E-state index in [0.29, 0.717) is 6.54 Å². The van der Waals surface area contributed by atoms with E-state index in [1.54, 1.807) is 18.2 Å². The highest BCUT2D eigenvalue weighted by Gasteiger charge is 2.07. The number of nitrogens with zero attached hydrogens (tertiary/aromatic N) is 2. The van der Waals surface area contributed by atoms with Crippen molar-refractivity contribution in [1.29, 1.82) is 0 Å². The van der Waals surface area contributed by atoms with Gasteiger partial charge in [-0.3, -0.25) is 0 Å². The average molecular weight is 260 g/mol. The van der Waals surface area contributed by atoms with E-state index < -0.39 is 5.97 Å². The molecular formula is C14H13FN2O2. The smallest absolute Gasteiger partial charge is 0.354 e. The molecule has 19 heavy (non-hydrogen) atoms. The second-order valence-corrected chi connectivity index (χ2v) is 4.19. The van der Waals surface area contributed by atoms with Crippen LogP contribution in [-0.2, 0) is 6.54 Å². The molecule has 5 heteroatoms. The summed E-state index contributed by atoms with van der Waals surface area (Å²) in [6.07, 6.45) is 1.47. The molecule has 0 atom stereocenters. The van der Waals surface area contributed by atoms with Gasteiger partial charge in [0.15, 0.2) is 0 Å². The molecule has 0 fully saturated rings. The van der Waals surface area contributed by atoms with E-state index in [2.05, 4.69) is 4.98 Å². The first kappa shape index (κ1) is 13.0. The summed E-state index contributed by atoms with van der Waals surface area (Å²) >= 11 is 0. The van der Waals surface area contributed by atoms with Gasteiger partial charge in [-0.05, 0) is 42.0 Å². The lowest BCUT2D eigenvalue weighted by atomic mass is 10.2. The minimum absolute atomic E-state index is 0.0185. The van der Waals surface area contributed by atoms with Crippen molar-refractivity contribution in [2.45, 2.75) is 6.54 Å². The number of aromatic carboxylic acids is 1. The number of carbonyl (C=O) groups is 1. The minimum atomic E-state index is -1.05.